The number of likely N-dealkylation sites (tertiary alicyclic amines) is 1. The Morgan fingerprint density at radius 3 is 2.42 bits per heavy atom. The summed E-state index contributed by atoms with van der Waals surface area (Å²) in [6.07, 6.45) is 3.62. The molecule has 1 unspecified atom stereocenters. The molecule has 102 valence electrons. The molecule has 1 aromatic carbocycles. The van der Waals surface area contributed by atoms with Crippen molar-refractivity contribution in [1.82, 2.24) is 4.90 Å². The van der Waals surface area contributed by atoms with E-state index in [-0.39, 0.29) is 12.0 Å². The molecule has 1 atom stereocenters. The first kappa shape index (κ1) is 13.8. The smallest absolute Gasteiger partial charge is 0.335 e. The monoisotopic (exact) mass is 259 g/mol. The predicted molar refractivity (Wildman–Crippen MR) is 75.8 cm³/mol. The van der Waals surface area contributed by atoms with Crippen molar-refractivity contribution in [2.75, 3.05) is 20.2 Å². The van der Waals surface area contributed by atoms with E-state index in [1.165, 1.54) is 26.4 Å². The molecule has 3 nitrogen and oxygen atoms in total. The zero-order chi connectivity index (χ0) is 13.7. The third-order valence-corrected chi connectivity index (χ3v) is 3.65. The van der Waals surface area contributed by atoms with Crippen LogP contribution in [0.4, 0.5) is 0 Å². The van der Waals surface area contributed by atoms with Crippen molar-refractivity contribution in [3.05, 3.63) is 48.0 Å². The van der Waals surface area contributed by atoms with Crippen molar-refractivity contribution in [3.63, 3.8) is 0 Å². The van der Waals surface area contributed by atoms with Crippen LogP contribution in [0, 0.1) is 0 Å². The fourth-order valence-corrected chi connectivity index (χ4v) is 2.69. The first-order chi connectivity index (χ1) is 9.24. The molecule has 0 spiro atoms. The third-order valence-electron chi connectivity index (χ3n) is 3.65. The maximum Gasteiger partial charge on any atom is 0.335 e. The van der Waals surface area contributed by atoms with E-state index in [2.05, 4.69) is 11.5 Å². The highest BCUT2D eigenvalue weighted by molar-refractivity contribution is 5.89. The quantitative estimate of drug-likeness (QED) is 0.615. The van der Waals surface area contributed by atoms with E-state index in [1.807, 2.05) is 30.3 Å². The fourth-order valence-electron chi connectivity index (χ4n) is 2.69. The number of piperidine rings is 1. The Kier molecular flexibility index (Phi) is 4.74. The van der Waals surface area contributed by atoms with Crippen molar-refractivity contribution in [2.24, 2.45) is 0 Å². The molecular formula is C16H21NO2. The molecule has 0 aliphatic carbocycles. The summed E-state index contributed by atoms with van der Waals surface area (Å²) in [5.41, 5.74) is 1.63. The lowest BCUT2D eigenvalue weighted by Gasteiger charge is -2.35. The molecule has 1 aliphatic rings. The van der Waals surface area contributed by atoms with E-state index in [1.54, 1.807) is 0 Å². The molecule has 2 rings (SSSR count). The SMILES string of the molecule is C=C(C(=O)OC)C(c1ccccc1)N1CCCCC1. The number of rotatable bonds is 4. The number of ether oxygens (including phenoxy) is 1. The van der Waals surface area contributed by atoms with Gasteiger partial charge in [-0.1, -0.05) is 43.3 Å². The van der Waals surface area contributed by atoms with E-state index in [0.717, 1.165) is 18.7 Å². The van der Waals surface area contributed by atoms with Crippen LogP contribution in [0.5, 0.6) is 0 Å². The Bertz CT molecular complexity index is 435. The van der Waals surface area contributed by atoms with Gasteiger partial charge in [-0.2, -0.15) is 0 Å². The Labute approximate surface area is 114 Å². The number of benzene rings is 1. The standard InChI is InChI=1S/C16H21NO2/c1-13(16(18)19-2)15(14-9-5-3-6-10-14)17-11-7-4-8-12-17/h3,5-6,9-10,15H,1,4,7-8,11-12H2,2H3. The van der Waals surface area contributed by atoms with Crippen LogP contribution in [0.15, 0.2) is 42.5 Å². The molecule has 19 heavy (non-hydrogen) atoms. The number of nitrogens with zero attached hydrogens (tertiary/aromatic N) is 1. The summed E-state index contributed by atoms with van der Waals surface area (Å²) >= 11 is 0. The molecule has 0 aromatic heterocycles. The lowest BCUT2D eigenvalue weighted by Crippen LogP contribution is -2.36. The van der Waals surface area contributed by atoms with Crippen LogP contribution in [0.1, 0.15) is 30.9 Å². The highest BCUT2D eigenvalue weighted by Crippen LogP contribution is 2.30. The largest absolute Gasteiger partial charge is 0.466 e. The molecule has 1 saturated heterocycles. The van der Waals surface area contributed by atoms with Crippen LogP contribution in [0.3, 0.4) is 0 Å². The Morgan fingerprint density at radius 1 is 1.21 bits per heavy atom. The normalized spacial score (nSPS) is 17.7. The number of methoxy groups -OCH3 is 1. The van der Waals surface area contributed by atoms with Crippen LogP contribution in [0.2, 0.25) is 0 Å². The molecule has 0 N–H and O–H groups in total. The molecule has 3 heteroatoms. The number of esters is 1. The molecule has 0 saturated carbocycles. The molecule has 1 aromatic rings. The summed E-state index contributed by atoms with van der Waals surface area (Å²) in [5.74, 6) is -0.320. The van der Waals surface area contributed by atoms with Gasteiger partial charge in [0.2, 0.25) is 0 Å². The number of carbonyl (C=O) groups is 1. The van der Waals surface area contributed by atoms with Crippen LogP contribution in [-0.4, -0.2) is 31.1 Å². The van der Waals surface area contributed by atoms with Crippen molar-refractivity contribution < 1.29 is 9.53 Å². The Balaban J connectivity index is 2.27. The van der Waals surface area contributed by atoms with Gasteiger partial charge in [0.15, 0.2) is 0 Å². The summed E-state index contributed by atoms with van der Waals surface area (Å²) in [7, 11) is 1.41. The molecule has 1 fully saturated rings. The molecule has 0 radical (unpaired) electrons. The van der Waals surface area contributed by atoms with E-state index < -0.39 is 0 Å². The van der Waals surface area contributed by atoms with E-state index in [4.69, 9.17) is 4.74 Å². The van der Waals surface area contributed by atoms with Gasteiger partial charge in [0, 0.05) is 0 Å². The average molecular weight is 259 g/mol. The minimum Gasteiger partial charge on any atom is -0.466 e. The Hall–Kier alpha value is -1.61. The van der Waals surface area contributed by atoms with Gasteiger partial charge in [0.1, 0.15) is 0 Å². The van der Waals surface area contributed by atoms with Gasteiger partial charge in [0.05, 0.1) is 18.7 Å². The van der Waals surface area contributed by atoms with Crippen LogP contribution < -0.4 is 0 Å². The fraction of sp³-hybridized carbons (Fsp3) is 0.438. The number of carbonyl (C=O) groups excluding carboxylic acids is 1. The molecule has 0 amide bonds. The van der Waals surface area contributed by atoms with Crippen molar-refractivity contribution in [1.29, 1.82) is 0 Å². The Morgan fingerprint density at radius 2 is 1.84 bits per heavy atom. The summed E-state index contributed by atoms with van der Waals surface area (Å²) < 4.78 is 4.84. The zero-order valence-corrected chi connectivity index (χ0v) is 11.5. The minimum absolute atomic E-state index is 0.0612. The summed E-state index contributed by atoms with van der Waals surface area (Å²) in [4.78, 5) is 14.2. The first-order valence-electron chi connectivity index (χ1n) is 6.80. The molecular weight excluding hydrogens is 238 g/mol. The molecule has 0 bridgehead atoms. The van der Waals surface area contributed by atoms with E-state index >= 15 is 0 Å². The summed E-state index contributed by atoms with van der Waals surface area (Å²) in [6.45, 7) is 5.98. The second-order valence-corrected chi connectivity index (χ2v) is 4.93. The highest BCUT2D eigenvalue weighted by Gasteiger charge is 2.28. The molecule has 1 heterocycles. The highest BCUT2D eigenvalue weighted by atomic mass is 16.5. The van der Waals surface area contributed by atoms with E-state index in [0.29, 0.717) is 5.57 Å². The predicted octanol–water partition coefficient (Wildman–Crippen LogP) is 2.94. The van der Waals surface area contributed by atoms with Gasteiger partial charge >= 0.3 is 5.97 Å². The minimum atomic E-state index is -0.320. The van der Waals surface area contributed by atoms with Crippen LogP contribution in [-0.2, 0) is 9.53 Å². The van der Waals surface area contributed by atoms with Crippen molar-refractivity contribution >= 4 is 5.97 Å². The maximum absolute atomic E-state index is 11.8. The first-order valence-corrected chi connectivity index (χ1v) is 6.80. The van der Waals surface area contributed by atoms with Gasteiger partial charge in [0.25, 0.3) is 0 Å². The van der Waals surface area contributed by atoms with Crippen LogP contribution >= 0.6 is 0 Å². The number of hydrogen-bond donors (Lipinski definition) is 0. The lowest BCUT2D eigenvalue weighted by atomic mass is 9.96. The maximum atomic E-state index is 11.8. The average Bonchev–Trinajstić information content (AvgIpc) is 2.49. The second-order valence-electron chi connectivity index (χ2n) is 4.93. The van der Waals surface area contributed by atoms with Crippen molar-refractivity contribution in [3.8, 4) is 0 Å². The summed E-state index contributed by atoms with van der Waals surface area (Å²) in [5, 5.41) is 0. The third kappa shape index (κ3) is 3.24. The van der Waals surface area contributed by atoms with Gasteiger partial charge < -0.3 is 4.74 Å². The second kappa shape index (κ2) is 6.53. The van der Waals surface area contributed by atoms with Gasteiger partial charge in [-0.3, -0.25) is 4.90 Å². The van der Waals surface area contributed by atoms with Gasteiger partial charge in [-0.25, -0.2) is 4.79 Å². The topological polar surface area (TPSA) is 29.5 Å². The zero-order valence-electron chi connectivity index (χ0n) is 11.5. The molecule has 1 aliphatic heterocycles. The van der Waals surface area contributed by atoms with Gasteiger partial charge in [-0.05, 0) is 31.5 Å². The number of hydrogen-bond acceptors (Lipinski definition) is 3. The van der Waals surface area contributed by atoms with E-state index in [9.17, 15) is 4.79 Å². The lowest BCUT2D eigenvalue weighted by molar-refractivity contribution is -0.137. The van der Waals surface area contributed by atoms with Gasteiger partial charge in [-0.15, -0.1) is 0 Å². The van der Waals surface area contributed by atoms with Crippen molar-refractivity contribution in [2.45, 2.75) is 25.3 Å². The van der Waals surface area contributed by atoms with Crippen LogP contribution in [0.25, 0.3) is 0 Å². The summed E-state index contributed by atoms with van der Waals surface area (Å²) in [6, 6.07) is 10.0.